The Morgan fingerprint density at radius 1 is 0.368 bits per heavy atom. The molecule has 12 rings (SSSR count). The first-order chi connectivity index (χ1) is 37.7. The first-order valence-corrected chi connectivity index (χ1v) is 25.8. The molecule has 4 heteroatoms. The Morgan fingerprint density at radius 3 is 1.36 bits per heavy atom. The molecule has 12 aromatic rings. The van der Waals surface area contributed by atoms with Crippen LogP contribution in [0.15, 0.2) is 298 Å². The van der Waals surface area contributed by atoms with Gasteiger partial charge in [0.15, 0.2) is 0 Å². The number of fused-ring (bicyclic) bond motifs is 7. The molecule has 0 aliphatic carbocycles. The maximum Gasteiger partial charge on any atom is 0.0702 e. The highest BCUT2D eigenvalue weighted by molar-refractivity contribution is 6.09. The van der Waals surface area contributed by atoms with Crippen molar-refractivity contribution in [3.05, 3.63) is 309 Å². The van der Waals surface area contributed by atoms with Gasteiger partial charge in [0.1, 0.15) is 0 Å². The van der Waals surface area contributed by atoms with Crippen LogP contribution in [0.1, 0.15) is 18.2 Å². The van der Waals surface area contributed by atoms with E-state index in [4.69, 9.17) is 4.98 Å². The van der Waals surface area contributed by atoms with Gasteiger partial charge in [-0.15, -0.1) is 0 Å². The second-order valence-electron chi connectivity index (χ2n) is 18.4. The lowest BCUT2D eigenvalue weighted by molar-refractivity contribution is 1.10. The zero-order chi connectivity index (χ0) is 51.5. The van der Waals surface area contributed by atoms with Gasteiger partial charge in [-0.1, -0.05) is 225 Å². The molecule has 0 spiro atoms. The van der Waals surface area contributed by atoms with Crippen molar-refractivity contribution in [3.63, 3.8) is 0 Å². The summed E-state index contributed by atoms with van der Waals surface area (Å²) in [7, 11) is 0. The van der Waals surface area contributed by atoms with Crippen molar-refractivity contribution in [2.75, 3.05) is 0 Å². The monoisotopic (exact) mass is 976 g/mol. The molecule has 0 fully saturated rings. The van der Waals surface area contributed by atoms with Gasteiger partial charge in [-0.2, -0.15) is 0 Å². The minimum atomic E-state index is 0.841. The second-order valence-corrected chi connectivity index (χ2v) is 18.4. The van der Waals surface area contributed by atoms with E-state index in [0.717, 1.165) is 67.0 Å². The number of hydrogen-bond donors (Lipinski definition) is 1. The number of hydrogen-bond acceptors (Lipinski definition) is 1. The van der Waals surface area contributed by atoms with Crippen molar-refractivity contribution in [1.29, 1.82) is 0 Å². The number of nitrogens with zero attached hydrogens (tertiary/aromatic N) is 3. The molecule has 0 unspecified atom stereocenters. The van der Waals surface area contributed by atoms with Crippen molar-refractivity contribution in [3.8, 4) is 44.9 Å². The molecule has 76 heavy (non-hydrogen) atoms. The molecule has 0 bridgehead atoms. The number of nitrogens with one attached hydrogen (secondary N) is 1. The number of para-hydroxylation sites is 5. The van der Waals surface area contributed by atoms with Crippen molar-refractivity contribution < 1.29 is 0 Å². The van der Waals surface area contributed by atoms with Gasteiger partial charge < -0.3 is 14.1 Å². The molecule has 0 saturated carbocycles. The molecular weight excluding hydrogens is 921 g/mol. The first kappa shape index (κ1) is 48.2. The predicted molar refractivity (Wildman–Crippen MR) is 325 cm³/mol. The number of H-pyrrole nitrogens is 1. The highest BCUT2D eigenvalue weighted by Gasteiger charge is 2.15. The van der Waals surface area contributed by atoms with Crippen molar-refractivity contribution in [1.82, 2.24) is 19.1 Å². The van der Waals surface area contributed by atoms with E-state index in [1.165, 1.54) is 43.6 Å². The average Bonchev–Trinajstić information content (AvgIpc) is 4.13. The fourth-order valence-corrected chi connectivity index (χ4v) is 10.2. The summed E-state index contributed by atoms with van der Waals surface area (Å²) in [6.07, 6.45) is 8.07. The summed E-state index contributed by atoms with van der Waals surface area (Å²) in [5, 5.41) is 6.27. The van der Waals surface area contributed by atoms with E-state index < -0.39 is 0 Å². The van der Waals surface area contributed by atoms with E-state index in [-0.39, 0.29) is 0 Å². The van der Waals surface area contributed by atoms with Gasteiger partial charge in [-0.3, -0.25) is 4.98 Å². The molecule has 0 saturated heterocycles. The van der Waals surface area contributed by atoms with Crippen LogP contribution in [-0.4, -0.2) is 19.1 Å². The minimum Gasteiger partial charge on any atom is -0.355 e. The summed E-state index contributed by atoms with van der Waals surface area (Å²) in [5.74, 6) is 0. The van der Waals surface area contributed by atoms with Gasteiger partial charge in [0.2, 0.25) is 0 Å². The summed E-state index contributed by atoms with van der Waals surface area (Å²) < 4.78 is 4.65. The Kier molecular flexibility index (Phi) is 14.5. The molecule has 4 aromatic heterocycles. The van der Waals surface area contributed by atoms with E-state index in [1.807, 2.05) is 79.9 Å². The number of allylic oxidation sites excluding steroid dienone is 1. The van der Waals surface area contributed by atoms with E-state index in [2.05, 4.69) is 251 Å². The third-order valence-electron chi connectivity index (χ3n) is 13.6. The lowest BCUT2D eigenvalue weighted by Crippen LogP contribution is -1.96. The van der Waals surface area contributed by atoms with Crippen molar-refractivity contribution in [2.24, 2.45) is 0 Å². The first-order valence-electron chi connectivity index (χ1n) is 25.8. The molecule has 4 nitrogen and oxygen atoms in total. The largest absolute Gasteiger partial charge is 0.355 e. The highest BCUT2D eigenvalue weighted by Crippen LogP contribution is 2.35. The van der Waals surface area contributed by atoms with Crippen LogP contribution in [0, 0.1) is 0 Å². The highest BCUT2D eigenvalue weighted by atomic mass is 15.0. The number of rotatable bonds is 7. The van der Waals surface area contributed by atoms with Crippen LogP contribution in [0.25, 0.3) is 112 Å². The zero-order valence-corrected chi connectivity index (χ0v) is 42.4. The molecule has 4 heterocycles. The Balaban J connectivity index is 0.000000408. The standard InChI is InChI=1S/C60H47N3.C12H9N/c1-3-25-57-52(4-2)53-33-16-19-37-58(53)62(57)50-31-14-12-10-8-6-5-7-9-11-13-15-36-56(61-41-40-50)49-30-23-28-47(43-49)45-26-22-27-46(42-45)48-29-24-32-51(44-48)63-59-38-20-17-34-54(59)55-35-18-21-39-60(55)63;1-3-7-11-9(5-1)10-6-2-4-8-12(10)13-11/h3-44H,2H2,1H3;1-8,13H/b6-5?,7-5?,8-6?,9-7?,10-8?,11-9?,12-10?,13-11?,14-12?,15-13?,25-3-,31-14?,36-15?,41-40?,50-31?,50-40?,56-36?,61-41?,61-56?;. The third kappa shape index (κ3) is 10.2. The molecule has 8 aromatic carbocycles. The van der Waals surface area contributed by atoms with Gasteiger partial charge >= 0.3 is 0 Å². The van der Waals surface area contributed by atoms with Crippen LogP contribution in [0.3, 0.4) is 0 Å². The van der Waals surface area contributed by atoms with E-state index in [1.54, 1.807) is 0 Å². The maximum atomic E-state index is 5.15. The van der Waals surface area contributed by atoms with E-state index in [0.29, 0.717) is 0 Å². The molecule has 364 valence electrons. The summed E-state index contributed by atoms with van der Waals surface area (Å²) in [5.41, 5.74) is 16.6. The number of aromatic amines is 1. The molecule has 0 amide bonds. The zero-order valence-electron chi connectivity index (χ0n) is 42.4. The fourth-order valence-electron chi connectivity index (χ4n) is 10.2. The van der Waals surface area contributed by atoms with E-state index >= 15 is 0 Å². The van der Waals surface area contributed by atoms with Crippen molar-refractivity contribution in [2.45, 2.75) is 6.92 Å². The Morgan fingerprint density at radius 2 is 0.789 bits per heavy atom. The minimum absolute atomic E-state index is 0.841. The van der Waals surface area contributed by atoms with Gasteiger partial charge in [-0.05, 0) is 108 Å². The Labute approximate surface area is 444 Å². The normalized spacial score (nSPS) is 11.0. The molecule has 0 atom stereocenters. The quantitative estimate of drug-likeness (QED) is 0.170. The van der Waals surface area contributed by atoms with Crippen LogP contribution < -0.4 is 0 Å². The SMILES string of the molecule is C=Cc1c(/C=C\C)n(-c2cccccccccccccc(-c3cccc(-c4cccc(-c5cccc(-n6c7ccccc7c7ccccc76)c5)c4)c3)ncc2)c2ccccc12.c1ccc2c(c1)[nH]c1ccccc12. The second kappa shape index (κ2) is 22.8. The fraction of sp³-hybridized carbons (Fsp3) is 0.0139. The number of benzene rings is 8. The Bertz CT molecular complexity index is 4190. The lowest BCUT2D eigenvalue weighted by Gasteiger charge is -2.11. The van der Waals surface area contributed by atoms with Gasteiger partial charge in [0, 0.05) is 66.7 Å². The maximum absolute atomic E-state index is 5.15. The van der Waals surface area contributed by atoms with Gasteiger partial charge in [0.05, 0.1) is 27.9 Å². The molecule has 0 aliphatic rings. The Hall–Kier alpha value is -10.0. The topological polar surface area (TPSA) is 38.5 Å². The van der Waals surface area contributed by atoms with Crippen LogP contribution in [-0.2, 0) is 0 Å². The third-order valence-corrected chi connectivity index (χ3v) is 13.6. The summed E-state index contributed by atoms with van der Waals surface area (Å²) >= 11 is 0. The molecular formula is C72H56N4. The molecule has 1 N–H and O–H groups in total. The van der Waals surface area contributed by atoms with Crippen LogP contribution in [0.5, 0.6) is 0 Å². The van der Waals surface area contributed by atoms with E-state index in [9.17, 15) is 0 Å². The summed E-state index contributed by atoms with van der Waals surface area (Å²) in [6, 6.07) is 97.5. The van der Waals surface area contributed by atoms with Crippen LogP contribution >= 0.6 is 0 Å². The van der Waals surface area contributed by atoms with Crippen LogP contribution in [0.2, 0.25) is 0 Å². The van der Waals surface area contributed by atoms with Crippen LogP contribution in [0.4, 0.5) is 0 Å². The van der Waals surface area contributed by atoms with Gasteiger partial charge in [0.25, 0.3) is 0 Å². The summed E-state index contributed by atoms with van der Waals surface area (Å²) in [6.45, 7) is 6.23. The smallest absolute Gasteiger partial charge is 0.0702 e. The molecule has 0 radical (unpaired) electrons. The summed E-state index contributed by atoms with van der Waals surface area (Å²) in [4.78, 5) is 8.52. The molecule has 0 aliphatic heterocycles. The van der Waals surface area contributed by atoms with Gasteiger partial charge in [-0.25, -0.2) is 0 Å². The average molecular weight is 977 g/mol. The number of aromatic nitrogens is 4. The lowest BCUT2D eigenvalue weighted by atomic mass is 9.97. The van der Waals surface area contributed by atoms with Crippen molar-refractivity contribution >= 4 is 66.7 Å². The predicted octanol–water partition coefficient (Wildman–Crippen LogP) is 19.5.